The largest absolute Gasteiger partial charge is 0.260 e. The van der Waals surface area contributed by atoms with Gasteiger partial charge in [0.2, 0.25) is 0 Å². The normalized spacial score (nSPS) is 12.4. The van der Waals surface area contributed by atoms with Crippen LogP contribution in [-0.4, -0.2) is 9.97 Å². The molecule has 0 aliphatic heterocycles. The van der Waals surface area contributed by atoms with Crippen molar-refractivity contribution in [3.8, 4) is 0 Å². The van der Waals surface area contributed by atoms with Crippen LogP contribution in [0.5, 0.6) is 0 Å². The van der Waals surface area contributed by atoms with Crippen molar-refractivity contribution in [1.29, 1.82) is 0 Å². The molecule has 0 saturated carbocycles. The monoisotopic (exact) mass is 226 g/mol. The smallest absolute Gasteiger partial charge is 0.0523 e. The van der Waals surface area contributed by atoms with Gasteiger partial charge in [0.05, 0.1) is 11.4 Å². The highest BCUT2D eigenvalue weighted by Crippen LogP contribution is 2.25. The third-order valence-electron chi connectivity index (χ3n) is 3.18. The minimum absolute atomic E-state index is 0.257. The minimum Gasteiger partial charge on any atom is -0.260 e. The van der Waals surface area contributed by atoms with Gasteiger partial charge in [-0.25, -0.2) is 0 Å². The fourth-order valence-electron chi connectivity index (χ4n) is 2.22. The van der Waals surface area contributed by atoms with Gasteiger partial charge in [0, 0.05) is 18.3 Å². The molecule has 88 valence electrons. The van der Waals surface area contributed by atoms with Crippen LogP contribution in [0.25, 0.3) is 0 Å². The van der Waals surface area contributed by atoms with Crippen molar-refractivity contribution < 1.29 is 0 Å². The second-order valence-corrected chi connectivity index (χ2v) is 4.33. The zero-order valence-electron chi connectivity index (χ0n) is 10.6. The molecule has 2 rings (SSSR count). The Labute approximate surface area is 103 Å². The fourth-order valence-corrected chi connectivity index (χ4v) is 2.22. The molecule has 0 amide bonds. The van der Waals surface area contributed by atoms with Crippen LogP contribution >= 0.6 is 0 Å². The molecular formula is C15H18N2. The molecule has 2 nitrogen and oxygen atoms in total. The van der Waals surface area contributed by atoms with E-state index in [9.17, 15) is 0 Å². The van der Waals surface area contributed by atoms with Crippen LogP contribution in [0.3, 0.4) is 0 Å². The minimum atomic E-state index is 0.257. The summed E-state index contributed by atoms with van der Waals surface area (Å²) in [5.41, 5.74) is 4.82. The molecule has 0 saturated heterocycles. The lowest BCUT2D eigenvalue weighted by molar-refractivity contribution is 0.801. The first-order valence-corrected chi connectivity index (χ1v) is 6.09. The lowest BCUT2D eigenvalue weighted by Gasteiger charge is -2.15. The van der Waals surface area contributed by atoms with E-state index >= 15 is 0 Å². The molecule has 0 spiro atoms. The van der Waals surface area contributed by atoms with Gasteiger partial charge in [0.25, 0.3) is 0 Å². The summed E-state index contributed by atoms with van der Waals surface area (Å²) >= 11 is 0. The number of aromatic nitrogens is 2. The first kappa shape index (κ1) is 11.8. The van der Waals surface area contributed by atoms with Gasteiger partial charge in [-0.2, -0.15) is 0 Å². The Kier molecular flexibility index (Phi) is 3.52. The van der Waals surface area contributed by atoms with Gasteiger partial charge in [0.1, 0.15) is 0 Å². The van der Waals surface area contributed by atoms with Crippen LogP contribution in [0.15, 0.2) is 36.7 Å². The summed E-state index contributed by atoms with van der Waals surface area (Å²) in [6.45, 7) is 6.45. The molecule has 1 unspecified atom stereocenters. The lowest BCUT2D eigenvalue weighted by Crippen LogP contribution is -2.06. The molecule has 0 N–H and O–H groups in total. The lowest BCUT2D eigenvalue weighted by atomic mass is 9.94. The molecule has 2 aromatic heterocycles. The highest BCUT2D eigenvalue weighted by Gasteiger charge is 2.15. The average molecular weight is 226 g/mol. The molecule has 0 fully saturated rings. The third-order valence-corrected chi connectivity index (χ3v) is 3.18. The van der Waals surface area contributed by atoms with E-state index < -0.39 is 0 Å². The number of hydrogen-bond donors (Lipinski definition) is 0. The number of nitrogens with zero attached hydrogens (tertiary/aromatic N) is 2. The van der Waals surface area contributed by atoms with Crippen LogP contribution < -0.4 is 0 Å². The van der Waals surface area contributed by atoms with Crippen molar-refractivity contribution in [2.24, 2.45) is 0 Å². The summed E-state index contributed by atoms with van der Waals surface area (Å²) in [5, 5.41) is 0. The van der Waals surface area contributed by atoms with Crippen molar-refractivity contribution in [3.05, 3.63) is 59.2 Å². The Bertz CT molecular complexity index is 506. The van der Waals surface area contributed by atoms with E-state index in [4.69, 9.17) is 0 Å². The molecule has 1 atom stereocenters. The van der Waals surface area contributed by atoms with E-state index in [1.165, 1.54) is 11.1 Å². The number of aryl methyl sites for hydroxylation is 2. The topological polar surface area (TPSA) is 25.8 Å². The predicted octanol–water partition coefficient (Wildman–Crippen LogP) is 3.50. The quantitative estimate of drug-likeness (QED) is 0.800. The van der Waals surface area contributed by atoms with E-state index in [-0.39, 0.29) is 5.92 Å². The van der Waals surface area contributed by atoms with Gasteiger partial charge in [-0.15, -0.1) is 0 Å². The van der Waals surface area contributed by atoms with Gasteiger partial charge in [0.15, 0.2) is 0 Å². The maximum Gasteiger partial charge on any atom is 0.0523 e. The van der Waals surface area contributed by atoms with Gasteiger partial charge in [-0.3, -0.25) is 9.97 Å². The second-order valence-electron chi connectivity index (χ2n) is 4.33. The molecule has 0 bridgehead atoms. The molecule has 2 aromatic rings. The number of pyridine rings is 2. The van der Waals surface area contributed by atoms with E-state index in [0.29, 0.717) is 0 Å². The molecule has 17 heavy (non-hydrogen) atoms. The Morgan fingerprint density at radius 3 is 2.35 bits per heavy atom. The summed E-state index contributed by atoms with van der Waals surface area (Å²) in [6.07, 6.45) is 4.73. The Balaban J connectivity index is 2.44. The van der Waals surface area contributed by atoms with Crippen LogP contribution in [0.4, 0.5) is 0 Å². The zero-order valence-corrected chi connectivity index (χ0v) is 10.6. The standard InChI is InChI=1S/C15H18N2/c1-4-13-8-6-10-17-15(13)12(3)14-11(2)7-5-9-16-14/h5-10,12H,4H2,1-3H3. The Morgan fingerprint density at radius 2 is 1.71 bits per heavy atom. The fraction of sp³-hybridized carbons (Fsp3) is 0.333. The van der Waals surface area contributed by atoms with Crippen molar-refractivity contribution in [2.45, 2.75) is 33.1 Å². The van der Waals surface area contributed by atoms with Crippen LogP contribution in [-0.2, 0) is 6.42 Å². The van der Waals surface area contributed by atoms with Crippen molar-refractivity contribution in [3.63, 3.8) is 0 Å². The van der Waals surface area contributed by atoms with Crippen LogP contribution in [0.1, 0.15) is 42.3 Å². The maximum absolute atomic E-state index is 4.53. The van der Waals surface area contributed by atoms with E-state index in [1.807, 2.05) is 24.5 Å². The molecule has 0 aliphatic rings. The molecular weight excluding hydrogens is 208 g/mol. The summed E-state index contributed by atoms with van der Waals surface area (Å²) in [6, 6.07) is 8.23. The van der Waals surface area contributed by atoms with Gasteiger partial charge >= 0.3 is 0 Å². The van der Waals surface area contributed by atoms with Gasteiger partial charge in [-0.05, 0) is 36.6 Å². The number of rotatable bonds is 3. The summed E-state index contributed by atoms with van der Waals surface area (Å²) in [5.74, 6) is 0.257. The second kappa shape index (κ2) is 5.09. The van der Waals surface area contributed by atoms with Gasteiger partial charge < -0.3 is 0 Å². The Morgan fingerprint density at radius 1 is 1.06 bits per heavy atom. The highest BCUT2D eigenvalue weighted by molar-refractivity contribution is 5.32. The Hall–Kier alpha value is -1.70. The van der Waals surface area contributed by atoms with E-state index in [0.717, 1.165) is 17.8 Å². The SMILES string of the molecule is CCc1cccnc1C(C)c1ncccc1C. The molecule has 0 aliphatic carbocycles. The average Bonchev–Trinajstić information content (AvgIpc) is 2.38. The van der Waals surface area contributed by atoms with E-state index in [2.05, 4.69) is 42.9 Å². The molecule has 0 aromatic carbocycles. The van der Waals surface area contributed by atoms with Crippen LogP contribution in [0, 0.1) is 6.92 Å². The van der Waals surface area contributed by atoms with Crippen LogP contribution in [0.2, 0.25) is 0 Å². The summed E-state index contributed by atoms with van der Waals surface area (Å²) < 4.78 is 0. The highest BCUT2D eigenvalue weighted by atomic mass is 14.7. The molecule has 2 heterocycles. The number of hydrogen-bond acceptors (Lipinski definition) is 2. The molecule has 0 radical (unpaired) electrons. The molecule has 2 heteroatoms. The zero-order chi connectivity index (χ0) is 12.3. The van der Waals surface area contributed by atoms with Gasteiger partial charge in [-0.1, -0.05) is 26.0 Å². The van der Waals surface area contributed by atoms with Crippen molar-refractivity contribution in [1.82, 2.24) is 9.97 Å². The predicted molar refractivity (Wildman–Crippen MR) is 70.1 cm³/mol. The van der Waals surface area contributed by atoms with Crippen molar-refractivity contribution >= 4 is 0 Å². The first-order valence-electron chi connectivity index (χ1n) is 6.09. The summed E-state index contributed by atoms with van der Waals surface area (Å²) in [7, 11) is 0. The maximum atomic E-state index is 4.53. The first-order chi connectivity index (χ1) is 8.24. The summed E-state index contributed by atoms with van der Waals surface area (Å²) in [4.78, 5) is 9.02. The van der Waals surface area contributed by atoms with Crippen molar-refractivity contribution in [2.75, 3.05) is 0 Å². The third kappa shape index (κ3) is 2.36. The van der Waals surface area contributed by atoms with E-state index in [1.54, 1.807) is 0 Å².